The number of aliphatic imine (C=N–C) groups is 1. The van der Waals surface area contributed by atoms with Gasteiger partial charge in [0, 0.05) is 57.8 Å². The van der Waals surface area contributed by atoms with E-state index in [4.69, 9.17) is 4.99 Å². The summed E-state index contributed by atoms with van der Waals surface area (Å²) < 4.78 is 5.46. The van der Waals surface area contributed by atoms with Gasteiger partial charge in [-0.15, -0.1) is 22.7 Å². The summed E-state index contributed by atoms with van der Waals surface area (Å²) in [6, 6.07) is 29.7. The van der Waals surface area contributed by atoms with Crippen molar-refractivity contribution in [3.8, 4) is 0 Å². The van der Waals surface area contributed by atoms with E-state index in [-0.39, 0.29) is 6.04 Å². The highest BCUT2D eigenvalue weighted by Gasteiger charge is 2.29. The fraction of sp³-hybridized carbons (Fsp3) is 0.159. The molecule has 48 heavy (non-hydrogen) atoms. The Hall–Kier alpha value is -4.77. The Kier molecular flexibility index (Phi) is 6.57. The third-order valence-electron chi connectivity index (χ3n) is 10.4. The quantitative estimate of drug-likeness (QED) is 0.129. The van der Waals surface area contributed by atoms with E-state index in [1.807, 2.05) is 35.8 Å². The second-order valence-electron chi connectivity index (χ2n) is 13.3. The molecule has 0 bridgehead atoms. The standard InChI is InChI=1S/C44H34N2S2/c1-2-45-44(27-11-12-27)28-13-17-33(18-14-28)46(34-19-15-29-25-42-38(23-31(29)21-34)36-7-3-5-9-40(36)47-42)35-20-16-30-26-43-39(24-32(30)22-35)37-8-4-6-10-41(37)48-43/h2-11,13,15-17,19-21,23-26,32,44H,12,14,18,22H2,1H3/b45-2+. The summed E-state index contributed by atoms with van der Waals surface area (Å²) in [6.07, 6.45) is 22.9. The van der Waals surface area contributed by atoms with E-state index in [1.165, 1.54) is 84.6 Å². The normalized spacial score (nSPS) is 19.2. The van der Waals surface area contributed by atoms with E-state index < -0.39 is 0 Å². The number of anilines is 1. The van der Waals surface area contributed by atoms with Crippen LogP contribution >= 0.6 is 22.7 Å². The number of benzene rings is 4. The maximum atomic E-state index is 4.86. The molecule has 6 aromatic rings. The third-order valence-corrected chi connectivity index (χ3v) is 12.7. The molecule has 0 amide bonds. The summed E-state index contributed by atoms with van der Waals surface area (Å²) in [5.74, 6) is 0.357. The van der Waals surface area contributed by atoms with E-state index in [1.54, 1.807) is 0 Å². The Morgan fingerprint density at radius 1 is 0.750 bits per heavy atom. The van der Waals surface area contributed by atoms with Crippen LogP contribution < -0.4 is 14.7 Å². The van der Waals surface area contributed by atoms with Gasteiger partial charge < -0.3 is 4.90 Å². The van der Waals surface area contributed by atoms with Gasteiger partial charge in [0.05, 0.1) is 6.04 Å². The van der Waals surface area contributed by atoms with Crippen molar-refractivity contribution in [2.24, 2.45) is 10.9 Å². The number of nitrogens with zero attached hydrogens (tertiary/aromatic N) is 2. The highest BCUT2D eigenvalue weighted by molar-refractivity contribution is 7.25. The molecule has 4 aromatic carbocycles. The second-order valence-corrected chi connectivity index (χ2v) is 15.5. The largest absolute Gasteiger partial charge is 0.318 e. The van der Waals surface area contributed by atoms with Gasteiger partial charge in [-0.25, -0.2) is 0 Å². The van der Waals surface area contributed by atoms with Crippen LogP contribution in [0.4, 0.5) is 5.69 Å². The minimum absolute atomic E-state index is 0.214. The molecular weight excluding hydrogens is 621 g/mol. The first-order valence-electron chi connectivity index (χ1n) is 17.0. The first kappa shape index (κ1) is 28.3. The fourth-order valence-corrected chi connectivity index (χ4v) is 10.2. The number of allylic oxidation sites excluding steroid dienone is 8. The van der Waals surface area contributed by atoms with Gasteiger partial charge in [0.2, 0.25) is 0 Å². The van der Waals surface area contributed by atoms with Crippen LogP contribution in [0.5, 0.6) is 0 Å². The predicted octanol–water partition coefficient (Wildman–Crippen LogP) is 10.7. The predicted molar refractivity (Wildman–Crippen MR) is 210 cm³/mol. The van der Waals surface area contributed by atoms with Crippen LogP contribution in [-0.2, 0) is 0 Å². The van der Waals surface area contributed by atoms with Gasteiger partial charge in [0.25, 0.3) is 0 Å². The minimum atomic E-state index is 0.214. The maximum Gasteiger partial charge on any atom is 0.0921 e. The number of fused-ring (bicyclic) bond motifs is 8. The van der Waals surface area contributed by atoms with E-state index >= 15 is 0 Å². The van der Waals surface area contributed by atoms with Crippen molar-refractivity contribution >= 4 is 87.8 Å². The van der Waals surface area contributed by atoms with Gasteiger partial charge in [-0.2, -0.15) is 0 Å². The Balaban J connectivity index is 1.09. The van der Waals surface area contributed by atoms with Gasteiger partial charge in [-0.05, 0) is 126 Å². The zero-order valence-corrected chi connectivity index (χ0v) is 28.5. The fourth-order valence-electron chi connectivity index (χ4n) is 7.95. The Morgan fingerprint density at radius 2 is 1.56 bits per heavy atom. The molecule has 4 heteroatoms. The molecular formula is C44H34N2S2. The lowest BCUT2D eigenvalue weighted by Crippen LogP contribution is -2.30. The van der Waals surface area contributed by atoms with Gasteiger partial charge >= 0.3 is 0 Å². The zero-order chi connectivity index (χ0) is 31.8. The van der Waals surface area contributed by atoms with Crippen molar-refractivity contribution in [1.82, 2.24) is 0 Å². The topological polar surface area (TPSA) is 15.6 Å². The molecule has 0 saturated carbocycles. The molecule has 2 unspecified atom stereocenters. The lowest BCUT2D eigenvalue weighted by Gasteiger charge is -2.35. The lowest BCUT2D eigenvalue weighted by atomic mass is 9.85. The van der Waals surface area contributed by atoms with Crippen LogP contribution in [0.3, 0.4) is 0 Å². The van der Waals surface area contributed by atoms with E-state index in [2.05, 4.69) is 126 Å². The summed E-state index contributed by atoms with van der Waals surface area (Å²) in [6.45, 7) is 2.04. The van der Waals surface area contributed by atoms with E-state index in [0.717, 1.165) is 25.7 Å². The number of hydrogen-bond acceptors (Lipinski definition) is 4. The smallest absolute Gasteiger partial charge is 0.0921 e. The monoisotopic (exact) mass is 654 g/mol. The maximum absolute atomic E-state index is 4.86. The van der Waals surface area contributed by atoms with Crippen molar-refractivity contribution in [3.63, 3.8) is 0 Å². The Labute approximate surface area is 288 Å². The molecule has 4 aliphatic carbocycles. The van der Waals surface area contributed by atoms with Crippen LogP contribution in [-0.4, -0.2) is 12.3 Å². The van der Waals surface area contributed by atoms with Gasteiger partial charge in [-0.1, -0.05) is 66.8 Å². The number of hydrogen-bond donors (Lipinski definition) is 0. The average Bonchev–Trinajstić information content (AvgIpc) is 3.81. The van der Waals surface area contributed by atoms with Crippen molar-refractivity contribution in [2.75, 3.05) is 4.90 Å². The average molecular weight is 655 g/mol. The third kappa shape index (κ3) is 4.69. The van der Waals surface area contributed by atoms with Gasteiger partial charge in [-0.3, -0.25) is 4.99 Å². The summed E-state index contributed by atoms with van der Waals surface area (Å²) in [4.78, 5) is 7.42. The van der Waals surface area contributed by atoms with Crippen LogP contribution in [0.2, 0.25) is 0 Å². The van der Waals surface area contributed by atoms with Crippen molar-refractivity contribution in [3.05, 3.63) is 147 Å². The first-order valence-corrected chi connectivity index (χ1v) is 18.7. The summed E-state index contributed by atoms with van der Waals surface area (Å²) >= 11 is 3.80. The van der Waals surface area contributed by atoms with Gasteiger partial charge in [0.1, 0.15) is 0 Å². The number of rotatable bonds is 6. The SMILES string of the molecule is C/C=N/C(C1=CC1)C1=CC=C(N(C2=CC=C3C=c4sc5ccccc5c4=CC3C2)c2ccc3cc4sc5ccccc5c4cc3c2)CC1. The second kappa shape index (κ2) is 11.2. The zero-order valence-electron chi connectivity index (χ0n) is 26.8. The Bertz CT molecular complexity index is 2650. The minimum Gasteiger partial charge on any atom is -0.318 e. The van der Waals surface area contributed by atoms with E-state index in [0.29, 0.717) is 5.92 Å². The van der Waals surface area contributed by atoms with Crippen LogP contribution in [0.15, 0.2) is 142 Å². The molecule has 10 rings (SSSR count). The highest BCUT2D eigenvalue weighted by atomic mass is 32.1. The molecule has 0 spiro atoms. The van der Waals surface area contributed by atoms with Crippen LogP contribution in [0, 0.1) is 5.92 Å². The summed E-state index contributed by atoms with van der Waals surface area (Å²) in [5.41, 5.74) is 8.26. The molecule has 0 fully saturated rings. The molecule has 2 heterocycles. The van der Waals surface area contributed by atoms with Crippen molar-refractivity contribution in [2.45, 2.75) is 38.6 Å². The molecule has 0 aliphatic heterocycles. The van der Waals surface area contributed by atoms with E-state index in [9.17, 15) is 0 Å². The molecule has 4 aliphatic rings. The van der Waals surface area contributed by atoms with Crippen LogP contribution in [0.25, 0.3) is 53.2 Å². The Morgan fingerprint density at radius 3 is 2.38 bits per heavy atom. The number of thiophene rings is 2. The lowest BCUT2D eigenvalue weighted by molar-refractivity contribution is 0.736. The summed E-state index contributed by atoms with van der Waals surface area (Å²) in [7, 11) is 0. The molecule has 0 radical (unpaired) electrons. The van der Waals surface area contributed by atoms with Gasteiger partial charge in [0.15, 0.2) is 0 Å². The molecule has 2 atom stereocenters. The molecule has 0 saturated heterocycles. The summed E-state index contributed by atoms with van der Waals surface area (Å²) in [5, 5.41) is 8.07. The van der Waals surface area contributed by atoms with Crippen LogP contribution in [0.1, 0.15) is 32.6 Å². The first-order chi connectivity index (χ1) is 23.7. The molecule has 0 N–H and O–H groups in total. The van der Waals surface area contributed by atoms with Crippen molar-refractivity contribution < 1.29 is 0 Å². The van der Waals surface area contributed by atoms with Crippen molar-refractivity contribution in [1.29, 1.82) is 0 Å². The molecule has 232 valence electrons. The molecule has 2 aromatic heterocycles. The highest BCUT2D eigenvalue weighted by Crippen LogP contribution is 2.42. The molecule has 2 nitrogen and oxygen atoms in total.